The van der Waals surface area contributed by atoms with E-state index in [1.54, 1.807) is 11.3 Å². The van der Waals surface area contributed by atoms with Gasteiger partial charge in [-0.1, -0.05) is 11.8 Å². The molecule has 1 amide bonds. The Bertz CT molecular complexity index is 493. The van der Waals surface area contributed by atoms with Crippen LogP contribution in [0.2, 0.25) is 0 Å². The molecule has 1 fully saturated rings. The lowest BCUT2D eigenvalue weighted by atomic mass is 9.96. The first-order valence-corrected chi connectivity index (χ1v) is 7.26. The molecule has 0 aliphatic carbocycles. The van der Waals surface area contributed by atoms with E-state index in [0.717, 1.165) is 38.0 Å². The quantitative estimate of drug-likeness (QED) is 0.803. The van der Waals surface area contributed by atoms with Crippen LogP contribution in [0.4, 0.5) is 0 Å². The van der Waals surface area contributed by atoms with Crippen molar-refractivity contribution >= 4 is 17.2 Å². The molecule has 0 radical (unpaired) electrons. The average molecular weight is 278 g/mol. The summed E-state index contributed by atoms with van der Waals surface area (Å²) in [6.07, 6.45) is 1.69. The summed E-state index contributed by atoms with van der Waals surface area (Å²) in [4.78, 5) is 14.7. The summed E-state index contributed by atoms with van der Waals surface area (Å²) in [7, 11) is 0. The van der Waals surface area contributed by atoms with Crippen LogP contribution in [0.5, 0.6) is 0 Å². The summed E-state index contributed by atoms with van der Waals surface area (Å²) in [5.74, 6) is 5.51. The van der Waals surface area contributed by atoms with Gasteiger partial charge in [-0.25, -0.2) is 0 Å². The maximum absolute atomic E-state index is 11.1. The van der Waals surface area contributed by atoms with Gasteiger partial charge in [-0.05, 0) is 37.4 Å². The van der Waals surface area contributed by atoms with Crippen molar-refractivity contribution in [1.82, 2.24) is 4.90 Å². The number of rotatable bonds is 3. The number of nitrogens with zero attached hydrogens (tertiary/aromatic N) is 1. The standard InChI is InChI=1S/C14H18N2O2S/c15-14(18)12-3-6-16(7-4-12)10-13-11(2-1-8-17)5-9-19-13/h5,9,12,17H,3-4,6-8,10H2,(H2,15,18). The number of likely N-dealkylation sites (tertiary alicyclic amines) is 1. The van der Waals surface area contributed by atoms with Gasteiger partial charge in [0.15, 0.2) is 0 Å². The van der Waals surface area contributed by atoms with E-state index in [1.807, 2.05) is 11.4 Å². The van der Waals surface area contributed by atoms with Crippen LogP contribution in [-0.4, -0.2) is 35.6 Å². The second-order valence-corrected chi connectivity index (χ2v) is 5.67. The molecular formula is C14H18N2O2S. The lowest BCUT2D eigenvalue weighted by Crippen LogP contribution is -2.38. The van der Waals surface area contributed by atoms with Crippen molar-refractivity contribution < 1.29 is 9.90 Å². The van der Waals surface area contributed by atoms with Gasteiger partial charge in [-0.2, -0.15) is 0 Å². The van der Waals surface area contributed by atoms with Gasteiger partial charge in [0.1, 0.15) is 6.61 Å². The first kappa shape index (κ1) is 14.1. The number of hydrogen-bond donors (Lipinski definition) is 2. The van der Waals surface area contributed by atoms with Gasteiger partial charge in [0.2, 0.25) is 5.91 Å². The van der Waals surface area contributed by atoms with Crippen molar-refractivity contribution in [3.05, 3.63) is 21.9 Å². The van der Waals surface area contributed by atoms with Crippen molar-refractivity contribution in [3.8, 4) is 11.8 Å². The van der Waals surface area contributed by atoms with Crippen LogP contribution in [-0.2, 0) is 11.3 Å². The van der Waals surface area contributed by atoms with Gasteiger partial charge in [0.05, 0.1) is 0 Å². The topological polar surface area (TPSA) is 66.6 Å². The Morgan fingerprint density at radius 3 is 2.89 bits per heavy atom. The first-order chi connectivity index (χ1) is 9.20. The maximum Gasteiger partial charge on any atom is 0.220 e. The second kappa shape index (κ2) is 6.71. The molecule has 0 unspecified atom stereocenters. The highest BCUT2D eigenvalue weighted by Crippen LogP contribution is 2.22. The fourth-order valence-electron chi connectivity index (χ4n) is 2.29. The molecule has 1 aromatic rings. The number of amides is 1. The Labute approximate surface area is 117 Å². The van der Waals surface area contributed by atoms with E-state index in [2.05, 4.69) is 16.7 Å². The Kier molecular flexibility index (Phi) is 4.97. The van der Waals surface area contributed by atoms with Gasteiger partial charge >= 0.3 is 0 Å². The summed E-state index contributed by atoms with van der Waals surface area (Å²) in [6.45, 7) is 2.55. The minimum Gasteiger partial charge on any atom is -0.384 e. The third-order valence-electron chi connectivity index (χ3n) is 3.40. The molecule has 102 valence electrons. The zero-order valence-electron chi connectivity index (χ0n) is 10.8. The number of piperidine rings is 1. The fourth-order valence-corrected chi connectivity index (χ4v) is 3.16. The predicted molar refractivity (Wildman–Crippen MR) is 75.5 cm³/mol. The molecule has 0 aromatic carbocycles. The summed E-state index contributed by atoms with van der Waals surface area (Å²) in [5, 5.41) is 10.8. The predicted octanol–water partition coefficient (Wildman–Crippen LogP) is 0.789. The van der Waals surface area contributed by atoms with E-state index >= 15 is 0 Å². The Hall–Kier alpha value is -1.35. The van der Waals surface area contributed by atoms with E-state index < -0.39 is 0 Å². The van der Waals surface area contributed by atoms with Crippen LogP contribution in [0.3, 0.4) is 0 Å². The summed E-state index contributed by atoms with van der Waals surface area (Å²) >= 11 is 1.68. The third kappa shape index (κ3) is 3.80. The lowest BCUT2D eigenvalue weighted by Gasteiger charge is -2.30. The van der Waals surface area contributed by atoms with Crippen LogP contribution in [0.1, 0.15) is 23.3 Å². The molecule has 2 heterocycles. The van der Waals surface area contributed by atoms with Gasteiger partial charge < -0.3 is 10.8 Å². The minimum atomic E-state index is -0.176. The molecule has 3 N–H and O–H groups in total. The number of aliphatic hydroxyl groups is 1. The van der Waals surface area contributed by atoms with Gasteiger partial charge in [0, 0.05) is 22.9 Å². The van der Waals surface area contributed by atoms with Crippen molar-refractivity contribution in [2.75, 3.05) is 19.7 Å². The lowest BCUT2D eigenvalue weighted by molar-refractivity contribution is -0.123. The highest BCUT2D eigenvalue weighted by Gasteiger charge is 2.23. The Morgan fingerprint density at radius 2 is 2.26 bits per heavy atom. The van der Waals surface area contributed by atoms with Gasteiger partial charge in [-0.15, -0.1) is 11.3 Å². The Balaban J connectivity index is 1.92. The van der Waals surface area contributed by atoms with Crippen LogP contribution in [0.15, 0.2) is 11.4 Å². The number of hydrogen-bond acceptors (Lipinski definition) is 4. The zero-order valence-corrected chi connectivity index (χ0v) is 11.6. The molecule has 1 aliphatic rings. The molecule has 5 heteroatoms. The van der Waals surface area contributed by atoms with Gasteiger partial charge in [0.25, 0.3) is 0 Å². The number of aliphatic hydroxyl groups excluding tert-OH is 1. The molecule has 0 atom stereocenters. The number of carbonyl (C=O) groups is 1. The van der Waals surface area contributed by atoms with Crippen molar-refractivity contribution in [2.45, 2.75) is 19.4 Å². The monoisotopic (exact) mass is 278 g/mol. The molecule has 4 nitrogen and oxygen atoms in total. The molecular weight excluding hydrogens is 260 g/mol. The SMILES string of the molecule is NC(=O)C1CCN(Cc2sccc2C#CCO)CC1. The molecule has 1 saturated heterocycles. The zero-order chi connectivity index (χ0) is 13.7. The highest BCUT2D eigenvalue weighted by atomic mass is 32.1. The molecule has 1 aliphatic heterocycles. The molecule has 0 saturated carbocycles. The van der Waals surface area contributed by atoms with E-state index in [4.69, 9.17) is 10.8 Å². The average Bonchev–Trinajstić information content (AvgIpc) is 2.84. The molecule has 1 aromatic heterocycles. The summed E-state index contributed by atoms with van der Waals surface area (Å²) in [6, 6.07) is 1.98. The first-order valence-electron chi connectivity index (χ1n) is 6.38. The van der Waals surface area contributed by atoms with Crippen molar-refractivity contribution in [3.63, 3.8) is 0 Å². The number of nitrogens with two attached hydrogens (primary N) is 1. The van der Waals surface area contributed by atoms with E-state index in [9.17, 15) is 4.79 Å². The normalized spacial score (nSPS) is 16.9. The third-order valence-corrected chi connectivity index (χ3v) is 4.31. The molecule has 0 bridgehead atoms. The largest absolute Gasteiger partial charge is 0.384 e. The number of primary amides is 1. The summed E-state index contributed by atoms with van der Waals surface area (Å²) in [5.41, 5.74) is 6.33. The number of thiophene rings is 1. The van der Waals surface area contributed by atoms with Gasteiger partial charge in [-0.3, -0.25) is 9.69 Å². The van der Waals surface area contributed by atoms with Crippen LogP contribution < -0.4 is 5.73 Å². The smallest absolute Gasteiger partial charge is 0.220 e. The maximum atomic E-state index is 11.1. The highest BCUT2D eigenvalue weighted by molar-refractivity contribution is 7.10. The summed E-state index contributed by atoms with van der Waals surface area (Å²) < 4.78 is 0. The van der Waals surface area contributed by atoms with E-state index in [1.165, 1.54) is 4.88 Å². The van der Waals surface area contributed by atoms with Crippen LogP contribution in [0, 0.1) is 17.8 Å². The minimum absolute atomic E-state index is 0.0354. The van der Waals surface area contributed by atoms with E-state index in [-0.39, 0.29) is 18.4 Å². The van der Waals surface area contributed by atoms with Crippen molar-refractivity contribution in [1.29, 1.82) is 0 Å². The molecule has 19 heavy (non-hydrogen) atoms. The Morgan fingerprint density at radius 1 is 1.53 bits per heavy atom. The molecule has 2 rings (SSSR count). The van der Waals surface area contributed by atoms with Crippen LogP contribution in [0.25, 0.3) is 0 Å². The van der Waals surface area contributed by atoms with Crippen molar-refractivity contribution in [2.24, 2.45) is 11.7 Å². The van der Waals surface area contributed by atoms with Crippen LogP contribution >= 0.6 is 11.3 Å². The molecule has 0 spiro atoms. The number of carbonyl (C=O) groups excluding carboxylic acids is 1. The fraction of sp³-hybridized carbons (Fsp3) is 0.500. The second-order valence-electron chi connectivity index (χ2n) is 4.67. The van der Waals surface area contributed by atoms with E-state index in [0.29, 0.717) is 0 Å².